The first kappa shape index (κ1) is 13.1. The van der Waals surface area contributed by atoms with Crippen molar-refractivity contribution in [2.75, 3.05) is 18.1 Å². The molecule has 1 N–H and O–H groups in total. The molecule has 2 aromatic rings. The molecule has 1 aromatic heterocycles. The van der Waals surface area contributed by atoms with Crippen molar-refractivity contribution in [3.05, 3.63) is 40.0 Å². The van der Waals surface area contributed by atoms with Crippen LogP contribution in [0.5, 0.6) is 0 Å². The molecule has 1 aromatic carbocycles. The number of thiazole rings is 1. The molecule has 0 bridgehead atoms. The molecule has 100 valence electrons. The van der Waals surface area contributed by atoms with Crippen LogP contribution >= 0.6 is 23.1 Å². The van der Waals surface area contributed by atoms with E-state index in [0.29, 0.717) is 11.6 Å². The highest BCUT2D eigenvalue weighted by Gasteiger charge is 2.21. The number of thioether (sulfide) groups is 1. The Balaban J connectivity index is 1.95. The fourth-order valence-electron chi connectivity index (χ4n) is 2.19. The summed E-state index contributed by atoms with van der Waals surface area (Å²) in [4.78, 5) is 5.75. The summed E-state index contributed by atoms with van der Waals surface area (Å²) in [5.74, 6) is 2.00. The van der Waals surface area contributed by atoms with Gasteiger partial charge >= 0.3 is 0 Å². The third-order valence-electron chi connectivity index (χ3n) is 3.16. The zero-order valence-corrected chi connectivity index (χ0v) is 12.3. The van der Waals surface area contributed by atoms with Crippen molar-refractivity contribution in [2.45, 2.75) is 13.0 Å². The lowest BCUT2D eigenvalue weighted by Gasteiger charge is -2.20. The van der Waals surface area contributed by atoms with Gasteiger partial charge in [0, 0.05) is 28.5 Å². The summed E-state index contributed by atoms with van der Waals surface area (Å²) in [7, 11) is 0. The highest BCUT2D eigenvalue weighted by molar-refractivity contribution is 7.99. The van der Waals surface area contributed by atoms with Gasteiger partial charge in [-0.25, -0.2) is 9.37 Å². The molecule has 0 saturated carbocycles. The maximum absolute atomic E-state index is 13.9. The first-order valence-corrected chi connectivity index (χ1v) is 8.26. The van der Waals surface area contributed by atoms with Crippen LogP contribution in [0.25, 0.3) is 11.3 Å². The molecule has 1 unspecified atom stereocenters. The smallest absolute Gasteiger partial charge is 0.132 e. The summed E-state index contributed by atoms with van der Waals surface area (Å²) >= 11 is 3.61. The Morgan fingerprint density at radius 3 is 2.95 bits per heavy atom. The highest BCUT2D eigenvalue weighted by atomic mass is 32.2. The minimum atomic E-state index is -0.201. The van der Waals surface area contributed by atoms with Gasteiger partial charge in [-0.05, 0) is 19.1 Å². The maximum atomic E-state index is 13.9. The zero-order chi connectivity index (χ0) is 13.2. The van der Waals surface area contributed by atoms with Crippen LogP contribution in [-0.2, 0) is 0 Å². The molecule has 0 radical (unpaired) electrons. The lowest BCUT2D eigenvalue weighted by molar-refractivity contribution is 0.591. The average Bonchev–Trinajstić information content (AvgIpc) is 2.82. The summed E-state index contributed by atoms with van der Waals surface area (Å²) < 4.78 is 13.9. The van der Waals surface area contributed by atoms with Gasteiger partial charge in [-0.15, -0.1) is 11.3 Å². The molecule has 3 rings (SSSR count). The predicted octanol–water partition coefficient (Wildman–Crippen LogP) is 3.64. The van der Waals surface area contributed by atoms with Crippen LogP contribution in [0, 0.1) is 12.7 Å². The van der Waals surface area contributed by atoms with Crippen molar-refractivity contribution < 1.29 is 4.39 Å². The van der Waals surface area contributed by atoms with Crippen LogP contribution < -0.4 is 5.32 Å². The molecule has 2 nitrogen and oxygen atoms in total. The number of benzene rings is 1. The summed E-state index contributed by atoms with van der Waals surface area (Å²) in [6.45, 7) is 3.03. The van der Waals surface area contributed by atoms with Gasteiger partial charge in [0.2, 0.25) is 0 Å². The van der Waals surface area contributed by atoms with Gasteiger partial charge in [-0.2, -0.15) is 11.8 Å². The zero-order valence-electron chi connectivity index (χ0n) is 10.6. The fraction of sp³-hybridized carbons (Fsp3) is 0.357. The van der Waals surface area contributed by atoms with Crippen molar-refractivity contribution in [3.63, 3.8) is 0 Å². The van der Waals surface area contributed by atoms with Gasteiger partial charge in [0.25, 0.3) is 0 Å². The van der Waals surface area contributed by atoms with Crippen LogP contribution in [0.2, 0.25) is 0 Å². The van der Waals surface area contributed by atoms with Crippen LogP contribution in [0.3, 0.4) is 0 Å². The van der Waals surface area contributed by atoms with Crippen molar-refractivity contribution >= 4 is 23.1 Å². The van der Waals surface area contributed by atoms with Gasteiger partial charge in [0.15, 0.2) is 0 Å². The van der Waals surface area contributed by atoms with E-state index >= 15 is 0 Å². The second-order valence-corrected chi connectivity index (χ2v) is 6.90. The van der Waals surface area contributed by atoms with Gasteiger partial charge < -0.3 is 5.32 Å². The number of halogens is 1. The molecule has 0 spiro atoms. The quantitative estimate of drug-likeness (QED) is 0.915. The van der Waals surface area contributed by atoms with E-state index in [1.54, 1.807) is 23.5 Å². The lowest BCUT2D eigenvalue weighted by atomic mass is 10.1. The van der Waals surface area contributed by atoms with E-state index in [2.05, 4.69) is 10.3 Å². The topological polar surface area (TPSA) is 24.9 Å². The Kier molecular flexibility index (Phi) is 3.86. The Morgan fingerprint density at radius 1 is 1.37 bits per heavy atom. The number of aromatic nitrogens is 1. The first-order chi connectivity index (χ1) is 9.25. The summed E-state index contributed by atoms with van der Waals surface area (Å²) in [5.41, 5.74) is 1.39. The first-order valence-electron chi connectivity index (χ1n) is 6.29. The second-order valence-electron chi connectivity index (χ2n) is 4.52. The van der Waals surface area contributed by atoms with Gasteiger partial charge in [0.05, 0.1) is 11.7 Å². The summed E-state index contributed by atoms with van der Waals surface area (Å²) in [6.07, 6.45) is 0. The number of aryl methyl sites for hydroxylation is 1. The lowest BCUT2D eigenvalue weighted by Crippen LogP contribution is -2.30. The average molecular weight is 294 g/mol. The van der Waals surface area contributed by atoms with Crippen LogP contribution in [-0.4, -0.2) is 23.0 Å². The number of nitrogens with one attached hydrogen (secondary N) is 1. The summed E-state index contributed by atoms with van der Waals surface area (Å²) in [6, 6.07) is 7.15. The van der Waals surface area contributed by atoms with Crippen molar-refractivity contribution in [1.82, 2.24) is 10.3 Å². The third kappa shape index (κ3) is 2.68. The number of rotatable bonds is 2. The van der Waals surface area contributed by atoms with E-state index < -0.39 is 0 Å². The van der Waals surface area contributed by atoms with Crippen LogP contribution in [0.1, 0.15) is 15.9 Å². The standard InChI is InChI=1S/C14H15FN2S2/c1-9-13(10-4-2-3-5-11(10)15)17-14(19-9)12-8-18-7-6-16-12/h2-5,12,16H,6-8H2,1H3. The Hall–Kier alpha value is -0.910. The molecule has 0 amide bonds. The molecule has 0 aliphatic carbocycles. The van der Waals surface area contributed by atoms with Crippen molar-refractivity contribution in [2.24, 2.45) is 0 Å². The molecule has 2 heterocycles. The van der Waals surface area contributed by atoms with E-state index in [4.69, 9.17) is 0 Å². The largest absolute Gasteiger partial charge is 0.306 e. The molecule has 1 aliphatic heterocycles. The molecule has 5 heteroatoms. The van der Waals surface area contributed by atoms with E-state index in [9.17, 15) is 4.39 Å². The summed E-state index contributed by atoms with van der Waals surface area (Å²) in [5, 5.41) is 4.55. The third-order valence-corrected chi connectivity index (χ3v) is 5.31. The van der Waals surface area contributed by atoms with E-state index in [1.165, 1.54) is 6.07 Å². The number of hydrogen-bond acceptors (Lipinski definition) is 4. The Labute approximate surface area is 120 Å². The molecular formula is C14H15FN2S2. The van der Waals surface area contributed by atoms with E-state index in [0.717, 1.165) is 33.6 Å². The van der Waals surface area contributed by atoms with Crippen LogP contribution in [0.15, 0.2) is 24.3 Å². The number of nitrogens with zero attached hydrogens (tertiary/aromatic N) is 1. The minimum absolute atomic E-state index is 0.201. The Morgan fingerprint density at radius 2 is 2.21 bits per heavy atom. The SMILES string of the molecule is Cc1sc(C2CSCCN2)nc1-c1ccccc1F. The van der Waals surface area contributed by atoms with Gasteiger partial charge in [0.1, 0.15) is 10.8 Å². The monoisotopic (exact) mass is 294 g/mol. The van der Waals surface area contributed by atoms with E-state index in [-0.39, 0.29) is 5.82 Å². The minimum Gasteiger partial charge on any atom is -0.306 e. The fourth-order valence-corrected chi connectivity index (χ4v) is 4.25. The predicted molar refractivity (Wildman–Crippen MR) is 80.3 cm³/mol. The molecule has 1 atom stereocenters. The molecule has 1 fully saturated rings. The molecule has 1 saturated heterocycles. The maximum Gasteiger partial charge on any atom is 0.132 e. The normalized spacial score (nSPS) is 19.6. The van der Waals surface area contributed by atoms with Crippen LogP contribution in [0.4, 0.5) is 4.39 Å². The number of hydrogen-bond donors (Lipinski definition) is 1. The van der Waals surface area contributed by atoms with E-state index in [1.807, 2.05) is 24.8 Å². The second kappa shape index (κ2) is 5.61. The molecule has 1 aliphatic rings. The molecular weight excluding hydrogens is 279 g/mol. The molecule has 19 heavy (non-hydrogen) atoms. The Bertz CT molecular complexity index is 577. The van der Waals surface area contributed by atoms with Crippen molar-refractivity contribution in [1.29, 1.82) is 0 Å². The van der Waals surface area contributed by atoms with Gasteiger partial charge in [-0.3, -0.25) is 0 Å². The highest BCUT2D eigenvalue weighted by Crippen LogP contribution is 2.33. The van der Waals surface area contributed by atoms with Gasteiger partial charge in [-0.1, -0.05) is 12.1 Å². The van der Waals surface area contributed by atoms with Crippen molar-refractivity contribution in [3.8, 4) is 11.3 Å².